The summed E-state index contributed by atoms with van der Waals surface area (Å²) in [5.41, 5.74) is 1.76. The van der Waals surface area contributed by atoms with E-state index in [2.05, 4.69) is 25.8 Å². The van der Waals surface area contributed by atoms with Crippen LogP contribution in [0.25, 0.3) is 0 Å². The summed E-state index contributed by atoms with van der Waals surface area (Å²) in [5, 5.41) is 0. The van der Waals surface area contributed by atoms with Crippen molar-refractivity contribution in [2.75, 3.05) is 0 Å². The van der Waals surface area contributed by atoms with Crippen LogP contribution in [0.5, 0.6) is 0 Å². The number of hydrogen-bond acceptors (Lipinski definition) is 1. The molecule has 1 heterocycles. The fraction of sp³-hybridized carbons (Fsp3) is 0.545. The van der Waals surface area contributed by atoms with Crippen molar-refractivity contribution in [2.45, 2.75) is 33.6 Å². The van der Waals surface area contributed by atoms with E-state index in [0.29, 0.717) is 5.92 Å². The molecule has 1 rings (SSSR count). The van der Waals surface area contributed by atoms with E-state index in [4.69, 9.17) is 0 Å². The Morgan fingerprint density at radius 2 is 1.85 bits per heavy atom. The molecule has 0 amide bonds. The van der Waals surface area contributed by atoms with E-state index in [-0.39, 0.29) is 11.7 Å². The van der Waals surface area contributed by atoms with E-state index in [1.54, 1.807) is 6.20 Å². The van der Waals surface area contributed by atoms with E-state index in [0.717, 1.165) is 11.1 Å². The number of nitrogens with zero attached hydrogens (tertiary/aromatic N) is 1. The molecular weight excluding hydrogens is 165 g/mol. The average Bonchev–Trinajstić information content (AvgIpc) is 2.03. The van der Waals surface area contributed by atoms with Crippen molar-refractivity contribution in [1.82, 2.24) is 4.98 Å². The second kappa shape index (κ2) is 3.86. The molecule has 1 atom stereocenters. The van der Waals surface area contributed by atoms with E-state index in [1.807, 2.05) is 6.92 Å². The molecule has 13 heavy (non-hydrogen) atoms. The van der Waals surface area contributed by atoms with Crippen molar-refractivity contribution >= 4 is 0 Å². The van der Waals surface area contributed by atoms with Gasteiger partial charge >= 0.3 is 0 Å². The molecule has 0 fully saturated rings. The van der Waals surface area contributed by atoms with Crippen LogP contribution >= 0.6 is 0 Å². The minimum Gasteiger partial charge on any atom is -0.261 e. The van der Waals surface area contributed by atoms with Crippen LogP contribution in [0.1, 0.15) is 37.8 Å². The van der Waals surface area contributed by atoms with Gasteiger partial charge in [0.1, 0.15) is 5.82 Å². The maximum atomic E-state index is 13.4. The largest absolute Gasteiger partial charge is 0.261 e. The fourth-order valence-electron chi connectivity index (χ4n) is 1.45. The molecule has 72 valence electrons. The van der Waals surface area contributed by atoms with Gasteiger partial charge in [-0.3, -0.25) is 4.98 Å². The maximum absolute atomic E-state index is 13.4. The number of halogens is 1. The second-order valence-corrected chi connectivity index (χ2v) is 3.88. The summed E-state index contributed by atoms with van der Waals surface area (Å²) in [6.45, 7) is 8.16. The van der Waals surface area contributed by atoms with Crippen molar-refractivity contribution in [1.29, 1.82) is 0 Å². The van der Waals surface area contributed by atoms with Gasteiger partial charge in [0.15, 0.2) is 0 Å². The second-order valence-electron chi connectivity index (χ2n) is 3.88. The molecular formula is C11H16FN. The maximum Gasteiger partial charge on any atom is 0.145 e. The van der Waals surface area contributed by atoms with Gasteiger partial charge in [0.25, 0.3) is 0 Å². The topological polar surface area (TPSA) is 12.9 Å². The van der Waals surface area contributed by atoms with Gasteiger partial charge in [-0.2, -0.15) is 0 Å². The minimum absolute atomic E-state index is 0.179. The van der Waals surface area contributed by atoms with Crippen molar-refractivity contribution in [3.8, 4) is 0 Å². The predicted molar refractivity (Wildman–Crippen MR) is 52.2 cm³/mol. The summed E-state index contributed by atoms with van der Waals surface area (Å²) >= 11 is 0. The summed E-state index contributed by atoms with van der Waals surface area (Å²) in [6.07, 6.45) is 3.01. The van der Waals surface area contributed by atoms with Crippen molar-refractivity contribution < 1.29 is 4.39 Å². The first kappa shape index (κ1) is 10.2. The van der Waals surface area contributed by atoms with E-state index < -0.39 is 0 Å². The summed E-state index contributed by atoms with van der Waals surface area (Å²) in [6, 6.07) is 0. The van der Waals surface area contributed by atoms with Gasteiger partial charge < -0.3 is 0 Å². The zero-order valence-corrected chi connectivity index (χ0v) is 8.63. The van der Waals surface area contributed by atoms with Crippen LogP contribution in [-0.4, -0.2) is 4.98 Å². The summed E-state index contributed by atoms with van der Waals surface area (Å²) < 4.78 is 13.4. The minimum atomic E-state index is -0.179. The third-order valence-electron chi connectivity index (χ3n) is 2.59. The molecule has 1 aromatic rings. The highest BCUT2D eigenvalue weighted by atomic mass is 19.1. The number of hydrogen-bond donors (Lipinski definition) is 0. The van der Waals surface area contributed by atoms with Gasteiger partial charge in [0.05, 0.1) is 6.20 Å². The molecule has 1 nitrogen and oxygen atoms in total. The Bertz CT molecular complexity index is 274. The SMILES string of the molecule is Cc1cncc(F)c1C(C)C(C)C. The Hall–Kier alpha value is -0.920. The third kappa shape index (κ3) is 2.06. The Kier molecular flexibility index (Phi) is 3.02. The summed E-state index contributed by atoms with van der Waals surface area (Å²) in [5.74, 6) is 0.528. The molecule has 0 spiro atoms. The Morgan fingerprint density at radius 1 is 1.23 bits per heavy atom. The highest BCUT2D eigenvalue weighted by Gasteiger charge is 2.16. The molecule has 0 saturated carbocycles. The monoisotopic (exact) mass is 181 g/mol. The highest BCUT2D eigenvalue weighted by Crippen LogP contribution is 2.27. The van der Waals surface area contributed by atoms with Crippen molar-refractivity contribution in [3.05, 3.63) is 29.3 Å². The van der Waals surface area contributed by atoms with Gasteiger partial charge in [0, 0.05) is 6.20 Å². The number of aryl methyl sites for hydroxylation is 1. The molecule has 0 saturated heterocycles. The average molecular weight is 181 g/mol. The summed E-state index contributed by atoms with van der Waals surface area (Å²) in [7, 11) is 0. The lowest BCUT2D eigenvalue weighted by atomic mass is 9.88. The van der Waals surface area contributed by atoms with Gasteiger partial charge in [-0.25, -0.2) is 4.39 Å². The van der Waals surface area contributed by atoms with Gasteiger partial charge in [-0.05, 0) is 29.9 Å². The fourth-order valence-corrected chi connectivity index (χ4v) is 1.45. The van der Waals surface area contributed by atoms with Crippen LogP contribution in [0.4, 0.5) is 4.39 Å². The van der Waals surface area contributed by atoms with Crippen molar-refractivity contribution in [2.24, 2.45) is 5.92 Å². The Morgan fingerprint density at radius 3 is 2.31 bits per heavy atom. The zero-order chi connectivity index (χ0) is 10.0. The van der Waals surface area contributed by atoms with E-state index in [1.165, 1.54) is 6.20 Å². The van der Waals surface area contributed by atoms with Crippen LogP contribution in [0.3, 0.4) is 0 Å². The quantitative estimate of drug-likeness (QED) is 0.682. The first-order chi connectivity index (χ1) is 6.04. The van der Waals surface area contributed by atoms with Gasteiger partial charge in [-0.15, -0.1) is 0 Å². The van der Waals surface area contributed by atoms with Crippen LogP contribution in [-0.2, 0) is 0 Å². The molecule has 1 aromatic heterocycles. The molecule has 1 unspecified atom stereocenters. The van der Waals surface area contributed by atoms with Crippen LogP contribution in [0, 0.1) is 18.7 Å². The van der Waals surface area contributed by atoms with E-state index in [9.17, 15) is 4.39 Å². The summed E-state index contributed by atoms with van der Waals surface area (Å²) in [4.78, 5) is 3.81. The molecule has 0 radical (unpaired) electrons. The molecule has 0 bridgehead atoms. The van der Waals surface area contributed by atoms with Crippen LogP contribution in [0.15, 0.2) is 12.4 Å². The van der Waals surface area contributed by atoms with Gasteiger partial charge in [0.2, 0.25) is 0 Å². The van der Waals surface area contributed by atoms with E-state index >= 15 is 0 Å². The molecule has 0 N–H and O–H groups in total. The highest BCUT2D eigenvalue weighted by molar-refractivity contribution is 5.27. The lowest BCUT2D eigenvalue weighted by Gasteiger charge is -2.18. The smallest absolute Gasteiger partial charge is 0.145 e. The number of aromatic nitrogens is 1. The molecule has 0 aliphatic rings. The normalized spacial score (nSPS) is 13.4. The first-order valence-corrected chi connectivity index (χ1v) is 4.64. The van der Waals surface area contributed by atoms with Crippen LogP contribution < -0.4 is 0 Å². The molecule has 0 aromatic carbocycles. The lowest BCUT2D eigenvalue weighted by molar-refractivity contribution is 0.496. The Balaban J connectivity index is 3.12. The van der Waals surface area contributed by atoms with Gasteiger partial charge in [-0.1, -0.05) is 20.8 Å². The molecule has 0 aliphatic heterocycles. The number of rotatable bonds is 2. The predicted octanol–water partition coefficient (Wildman–Crippen LogP) is 3.29. The van der Waals surface area contributed by atoms with Crippen molar-refractivity contribution in [3.63, 3.8) is 0 Å². The number of pyridine rings is 1. The standard InChI is InChI=1S/C11H16FN/c1-7(2)9(4)11-8(3)5-13-6-10(11)12/h5-7,9H,1-4H3. The van der Waals surface area contributed by atoms with Crippen LogP contribution in [0.2, 0.25) is 0 Å². The Labute approximate surface area is 79.0 Å². The lowest BCUT2D eigenvalue weighted by Crippen LogP contribution is -2.07. The third-order valence-corrected chi connectivity index (χ3v) is 2.59. The zero-order valence-electron chi connectivity index (χ0n) is 8.63. The molecule has 2 heteroatoms. The molecule has 0 aliphatic carbocycles. The first-order valence-electron chi connectivity index (χ1n) is 4.64.